The first kappa shape index (κ1) is 30.7. The number of hydrogen-bond donors (Lipinski definition) is 1. The summed E-state index contributed by atoms with van der Waals surface area (Å²) < 4.78 is 38.0. The minimum atomic E-state index is -0.492. The van der Waals surface area contributed by atoms with Crippen LogP contribution in [0, 0.1) is 17.6 Å². The maximum Gasteiger partial charge on any atom is 0.126 e. The average Bonchev–Trinajstić information content (AvgIpc) is 3.69. The van der Waals surface area contributed by atoms with Gasteiger partial charge in [0.25, 0.3) is 0 Å². The summed E-state index contributed by atoms with van der Waals surface area (Å²) in [6, 6.07) is 3.55. The Morgan fingerprint density at radius 3 is 2.29 bits per heavy atom. The zero-order valence-corrected chi connectivity index (χ0v) is 22.4. The molecule has 1 saturated heterocycles. The van der Waals surface area contributed by atoms with E-state index in [0.717, 1.165) is 49.8 Å². The van der Waals surface area contributed by atoms with Crippen LogP contribution < -0.4 is 5.32 Å². The summed E-state index contributed by atoms with van der Waals surface area (Å²) in [5, 5.41) is 3.22. The summed E-state index contributed by atoms with van der Waals surface area (Å²) >= 11 is 0. The van der Waals surface area contributed by atoms with Crippen LogP contribution in [-0.2, 0) is 6.42 Å². The lowest BCUT2D eigenvalue weighted by Crippen LogP contribution is -2.51. The van der Waals surface area contributed by atoms with Crippen molar-refractivity contribution in [1.29, 1.82) is 0 Å². The highest BCUT2D eigenvalue weighted by molar-refractivity contribution is 6.03. The van der Waals surface area contributed by atoms with Crippen molar-refractivity contribution in [3.8, 4) is 0 Å². The van der Waals surface area contributed by atoms with E-state index in [-0.39, 0.29) is 12.7 Å². The Bertz CT molecular complexity index is 865. The molecule has 3 rings (SSSR count). The fourth-order valence-corrected chi connectivity index (χ4v) is 4.30. The van der Waals surface area contributed by atoms with Crippen LogP contribution in [-0.4, -0.2) is 43.0 Å². The molecule has 1 aromatic carbocycles. The molecule has 0 radical (unpaired) electrons. The minimum Gasteiger partial charge on any atom is -0.372 e. The van der Waals surface area contributed by atoms with Crippen LogP contribution in [0.25, 0.3) is 0 Å². The molecule has 35 heavy (non-hydrogen) atoms. The van der Waals surface area contributed by atoms with E-state index in [1.54, 1.807) is 6.20 Å². The zero-order chi connectivity index (χ0) is 26.4. The van der Waals surface area contributed by atoms with Gasteiger partial charge in [-0.15, -0.1) is 0 Å². The van der Waals surface area contributed by atoms with Crippen LogP contribution in [0.5, 0.6) is 0 Å². The van der Waals surface area contributed by atoms with Gasteiger partial charge in [0.15, 0.2) is 0 Å². The fourth-order valence-electron chi connectivity index (χ4n) is 4.30. The van der Waals surface area contributed by atoms with Gasteiger partial charge in [0.05, 0.1) is 6.04 Å². The molecule has 0 aromatic heterocycles. The van der Waals surface area contributed by atoms with Crippen molar-refractivity contribution < 1.29 is 13.2 Å². The van der Waals surface area contributed by atoms with E-state index in [2.05, 4.69) is 41.7 Å². The molecule has 196 valence electrons. The van der Waals surface area contributed by atoms with Crippen molar-refractivity contribution in [2.24, 2.45) is 10.9 Å². The van der Waals surface area contributed by atoms with Gasteiger partial charge in [-0.3, -0.25) is 4.99 Å². The monoisotopic (exact) mass is 491 g/mol. The Labute approximate surface area is 210 Å². The molecule has 1 aliphatic heterocycles. The Balaban J connectivity index is 0.000000395. The molecular weight excluding hydrogens is 447 g/mol. The Hall–Kier alpha value is -2.34. The molecule has 0 amide bonds. The number of piperazine rings is 1. The summed E-state index contributed by atoms with van der Waals surface area (Å²) in [5.74, 6) is -0.327. The number of alkyl halides is 1. The topological polar surface area (TPSA) is 27.6 Å². The van der Waals surface area contributed by atoms with E-state index >= 15 is 0 Å². The predicted molar refractivity (Wildman–Crippen MR) is 144 cm³/mol. The molecule has 2 aliphatic rings. The van der Waals surface area contributed by atoms with Crippen molar-refractivity contribution in [3.63, 3.8) is 0 Å². The minimum absolute atomic E-state index is 0.0726. The van der Waals surface area contributed by atoms with E-state index in [1.807, 2.05) is 27.7 Å². The summed E-state index contributed by atoms with van der Waals surface area (Å²) in [4.78, 5) is 6.72. The van der Waals surface area contributed by atoms with Gasteiger partial charge in [0, 0.05) is 48.9 Å². The van der Waals surface area contributed by atoms with Crippen molar-refractivity contribution >= 4 is 5.71 Å². The second kappa shape index (κ2) is 16.4. The lowest BCUT2D eigenvalue weighted by molar-refractivity contribution is 0.218. The number of allylic oxidation sites excluding steroid dienone is 4. The highest BCUT2D eigenvalue weighted by Crippen LogP contribution is 2.41. The molecule has 2 fully saturated rings. The van der Waals surface area contributed by atoms with Crippen LogP contribution >= 0.6 is 0 Å². The van der Waals surface area contributed by atoms with Gasteiger partial charge in [-0.05, 0) is 69.2 Å². The van der Waals surface area contributed by atoms with Gasteiger partial charge < -0.3 is 10.2 Å². The second-order valence-electron chi connectivity index (χ2n) is 8.65. The van der Waals surface area contributed by atoms with Crippen LogP contribution in [0.4, 0.5) is 13.2 Å². The molecule has 6 heteroatoms. The number of nitrogens with one attached hydrogen (secondary N) is 1. The smallest absolute Gasteiger partial charge is 0.126 e. The maximum absolute atomic E-state index is 13.0. The third kappa shape index (κ3) is 10.0. The quantitative estimate of drug-likeness (QED) is 0.303. The molecule has 1 atom stereocenters. The fraction of sp³-hybridized carbons (Fsp3) is 0.552. The van der Waals surface area contributed by atoms with Gasteiger partial charge in [-0.2, -0.15) is 0 Å². The van der Waals surface area contributed by atoms with E-state index in [0.29, 0.717) is 5.92 Å². The van der Waals surface area contributed by atoms with Gasteiger partial charge in [0.2, 0.25) is 0 Å². The Kier molecular flexibility index (Phi) is 14.3. The molecule has 1 aliphatic carbocycles. The normalized spacial score (nSPS) is 19.1. The molecular formula is C29H44F3N3. The number of aliphatic imine (C=N–C) groups is 1. The van der Waals surface area contributed by atoms with E-state index in [4.69, 9.17) is 0 Å². The van der Waals surface area contributed by atoms with Crippen molar-refractivity contribution in [2.75, 3.05) is 26.3 Å². The van der Waals surface area contributed by atoms with E-state index < -0.39 is 11.6 Å². The van der Waals surface area contributed by atoms with Crippen LogP contribution in [0.3, 0.4) is 0 Å². The molecule has 1 heterocycles. The summed E-state index contributed by atoms with van der Waals surface area (Å²) in [5.41, 5.74) is 5.55. The number of halogens is 3. The number of rotatable bonds is 8. The number of benzene rings is 1. The first-order valence-electron chi connectivity index (χ1n) is 12.9. The molecule has 1 N–H and O–H groups in total. The van der Waals surface area contributed by atoms with Crippen LogP contribution in [0.1, 0.15) is 66.4 Å². The lowest BCUT2D eigenvalue weighted by Gasteiger charge is -2.36. The van der Waals surface area contributed by atoms with Gasteiger partial charge >= 0.3 is 0 Å². The highest BCUT2D eigenvalue weighted by atomic mass is 19.1. The third-order valence-electron chi connectivity index (χ3n) is 6.00. The standard InChI is InChI=1S/C18H28FN3.C9H10F2.C2H6/c1-5-17(15-7-8-15)18(13(3)20-6-2)14(4)22-10-9-21-16(11-19)12-22;1-2-3-7-4-8(10)6-9(11)5-7;1-2/h5-6,15-16,21H,2,7-12H2,1,3-4H3;4-6H,2-3H2,1H3;1-2H3/b17-5-,18-14-,20-13?;;. The summed E-state index contributed by atoms with van der Waals surface area (Å²) in [7, 11) is 0. The van der Waals surface area contributed by atoms with Gasteiger partial charge in [-0.25, -0.2) is 13.2 Å². The van der Waals surface area contributed by atoms with Gasteiger partial charge in [0.1, 0.15) is 18.3 Å². The van der Waals surface area contributed by atoms with E-state index in [1.165, 1.54) is 41.8 Å². The Morgan fingerprint density at radius 1 is 1.17 bits per heavy atom. The summed E-state index contributed by atoms with van der Waals surface area (Å²) in [6.07, 6.45) is 7.97. The second-order valence-corrected chi connectivity index (χ2v) is 8.65. The summed E-state index contributed by atoms with van der Waals surface area (Å²) in [6.45, 7) is 18.1. The molecule has 1 saturated carbocycles. The molecule has 3 nitrogen and oxygen atoms in total. The predicted octanol–water partition coefficient (Wildman–Crippen LogP) is 7.41. The maximum atomic E-state index is 13.0. The molecule has 0 bridgehead atoms. The number of aryl methyl sites for hydroxylation is 1. The van der Waals surface area contributed by atoms with Crippen molar-refractivity contribution in [3.05, 3.63) is 71.1 Å². The first-order valence-corrected chi connectivity index (χ1v) is 12.9. The van der Waals surface area contributed by atoms with Crippen molar-refractivity contribution in [1.82, 2.24) is 10.2 Å². The van der Waals surface area contributed by atoms with E-state index in [9.17, 15) is 13.2 Å². The Morgan fingerprint density at radius 2 is 1.80 bits per heavy atom. The largest absolute Gasteiger partial charge is 0.372 e. The number of nitrogens with zero attached hydrogens (tertiary/aromatic N) is 2. The van der Waals surface area contributed by atoms with Crippen LogP contribution in [0.15, 0.2) is 58.9 Å². The first-order chi connectivity index (χ1) is 16.8. The zero-order valence-electron chi connectivity index (χ0n) is 22.4. The third-order valence-corrected chi connectivity index (χ3v) is 6.00. The SMILES string of the molecule is C=CN=C(C)C(/C(=C\C)C1CC1)=C(\C)N1CCNC(CF)C1.CC.CCCc1cc(F)cc(F)c1. The lowest BCUT2D eigenvalue weighted by atomic mass is 9.94. The van der Waals surface area contributed by atoms with Gasteiger partial charge in [-0.1, -0.05) is 39.8 Å². The van der Waals surface area contributed by atoms with Crippen molar-refractivity contribution in [2.45, 2.75) is 73.3 Å². The molecule has 1 unspecified atom stereocenters. The average molecular weight is 492 g/mol. The molecule has 1 aromatic rings. The molecule has 0 spiro atoms. The van der Waals surface area contributed by atoms with Crippen LogP contribution in [0.2, 0.25) is 0 Å². The highest BCUT2D eigenvalue weighted by Gasteiger charge is 2.31. The number of hydrogen-bond acceptors (Lipinski definition) is 3.